The van der Waals surface area contributed by atoms with E-state index < -0.39 is 35.1 Å². The second-order valence-electron chi connectivity index (χ2n) is 11.1. The molecule has 9 nitrogen and oxygen atoms in total. The summed E-state index contributed by atoms with van der Waals surface area (Å²) in [5.41, 5.74) is 0.846. The number of likely N-dealkylation sites (N-methyl/N-ethyl adjacent to an activating group) is 1. The zero-order valence-corrected chi connectivity index (χ0v) is 25.8. The van der Waals surface area contributed by atoms with Crippen molar-refractivity contribution in [2.24, 2.45) is 0 Å². The minimum atomic E-state index is -0.992. The number of amides is 3. The van der Waals surface area contributed by atoms with Gasteiger partial charge in [0, 0.05) is 35.5 Å². The molecule has 2 heterocycles. The van der Waals surface area contributed by atoms with E-state index in [0.29, 0.717) is 37.2 Å². The predicted octanol–water partition coefficient (Wildman–Crippen LogP) is 6.55. The number of nitrogens with one attached hydrogen (secondary N) is 3. The highest BCUT2D eigenvalue weighted by Crippen LogP contribution is 2.39. The second-order valence-corrected chi connectivity index (χ2v) is 11.1. The maximum absolute atomic E-state index is 15.5. The Labute approximate surface area is 263 Å². The first-order valence-electron chi connectivity index (χ1n) is 14.7. The zero-order valence-electron chi connectivity index (χ0n) is 25.8. The molecule has 0 aliphatic carbocycles. The molecule has 3 amide bonds. The largest absolute Gasteiger partial charge is 0.353 e. The van der Waals surface area contributed by atoms with E-state index in [4.69, 9.17) is 0 Å². The van der Waals surface area contributed by atoms with Crippen molar-refractivity contribution in [1.82, 2.24) is 20.2 Å². The molecule has 1 aliphatic heterocycles. The Morgan fingerprint density at radius 1 is 1.00 bits per heavy atom. The zero-order chi connectivity index (χ0) is 33.1. The van der Waals surface area contributed by atoms with E-state index in [1.165, 1.54) is 37.3 Å². The molecule has 0 saturated carbocycles. The standard InChI is InChI=1S/C33H33F4N7O2/c1-5-7-19-14-21(10-11-24(19)34)40-31(45)20-15-22(18(2)27(37)16-20)28-23-17-39-33(46)44(29-25(35)8-6-9-26(29)36)30(23)42-32(41-28)38-12-13-43(3)4/h6,8-11,14-16H,5,7,12-13,17H2,1-4H3,(H,39,46)(H,40,45)(H,38,41,42). The fourth-order valence-electron chi connectivity index (χ4n) is 5.13. The highest BCUT2D eigenvalue weighted by atomic mass is 19.1. The van der Waals surface area contributed by atoms with E-state index in [9.17, 15) is 14.0 Å². The second kappa shape index (κ2) is 13.5. The monoisotopic (exact) mass is 635 g/mol. The fraction of sp³-hybridized carbons (Fsp3) is 0.273. The summed E-state index contributed by atoms with van der Waals surface area (Å²) in [5.74, 6) is -3.80. The maximum atomic E-state index is 15.5. The van der Waals surface area contributed by atoms with Gasteiger partial charge in [0.1, 0.15) is 29.0 Å². The van der Waals surface area contributed by atoms with Crippen LogP contribution < -0.4 is 20.9 Å². The molecular weight excluding hydrogens is 602 g/mol. The average molecular weight is 636 g/mol. The summed E-state index contributed by atoms with van der Waals surface area (Å²) in [6.45, 7) is 4.23. The molecule has 240 valence electrons. The van der Waals surface area contributed by atoms with Crippen LogP contribution in [0.25, 0.3) is 11.3 Å². The van der Waals surface area contributed by atoms with Crippen LogP contribution in [0.5, 0.6) is 0 Å². The van der Waals surface area contributed by atoms with Crippen molar-refractivity contribution in [1.29, 1.82) is 0 Å². The fourth-order valence-corrected chi connectivity index (χ4v) is 5.13. The topological polar surface area (TPSA) is 102 Å². The van der Waals surface area contributed by atoms with Crippen molar-refractivity contribution in [2.45, 2.75) is 33.2 Å². The third-order valence-corrected chi connectivity index (χ3v) is 7.50. The summed E-state index contributed by atoms with van der Waals surface area (Å²) >= 11 is 0. The number of halogens is 4. The quantitative estimate of drug-likeness (QED) is 0.171. The third-order valence-electron chi connectivity index (χ3n) is 7.50. The molecule has 13 heteroatoms. The molecule has 1 aromatic heterocycles. The Kier molecular flexibility index (Phi) is 9.52. The molecule has 46 heavy (non-hydrogen) atoms. The number of aromatic nitrogens is 2. The number of nitrogens with zero attached hydrogens (tertiary/aromatic N) is 4. The Hall–Kier alpha value is -5.04. The van der Waals surface area contributed by atoms with Crippen LogP contribution in [0, 0.1) is 30.2 Å². The molecule has 0 unspecified atom stereocenters. The summed E-state index contributed by atoms with van der Waals surface area (Å²) in [7, 11) is 3.74. The van der Waals surface area contributed by atoms with Gasteiger partial charge in [0.25, 0.3) is 5.91 Å². The highest BCUT2D eigenvalue weighted by molar-refractivity contribution is 6.06. The van der Waals surface area contributed by atoms with Gasteiger partial charge in [-0.05, 0) is 81.0 Å². The normalized spacial score (nSPS) is 12.6. The molecule has 3 N–H and O–H groups in total. The lowest BCUT2D eigenvalue weighted by Crippen LogP contribution is -2.43. The SMILES string of the molecule is CCCc1cc(NC(=O)c2cc(F)c(C)c(-c3nc(NCCN(C)C)nc4c3CNC(=O)N4c3c(F)cccc3F)c2)ccc1F. The van der Waals surface area contributed by atoms with Crippen molar-refractivity contribution >= 4 is 35.1 Å². The van der Waals surface area contributed by atoms with Gasteiger partial charge >= 0.3 is 6.03 Å². The highest BCUT2D eigenvalue weighted by Gasteiger charge is 2.34. The maximum Gasteiger partial charge on any atom is 0.328 e. The lowest BCUT2D eigenvalue weighted by atomic mass is 9.97. The molecule has 0 spiro atoms. The van der Waals surface area contributed by atoms with Crippen LogP contribution in [0.1, 0.15) is 40.4 Å². The summed E-state index contributed by atoms with van der Waals surface area (Å²) in [4.78, 5) is 38.3. The third kappa shape index (κ3) is 6.64. The predicted molar refractivity (Wildman–Crippen MR) is 168 cm³/mol. The van der Waals surface area contributed by atoms with E-state index in [2.05, 4.69) is 25.9 Å². The number of anilines is 4. The molecule has 3 aromatic carbocycles. The number of urea groups is 1. The lowest BCUT2D eigenvalue weighted by Gasteiger charge is -2.31. The van der Waals surface area contributed by atoms with Gasteiger partial charge in [0.15, 0.2) is 5.82 Å². The molecule has 5 rings (SSSR count). The molecule has 0 atom stereocenters. The van der Waals surface area contributed by atoms with Gasteiger partial charge in [0.05, 0.1) is 12.2 Å². The number of carbonyl (C=O) groups is 2. The Bertz CT molecular complexity index is 1800. The first-order chi connectivity index (χ1) is 22.0. The van der Waals surface area contributed by atoms with Gasteiger partial charge in [-0.2, -0.15) is 4.98 Å². The number of rotatable bonds is 10. The molecular formula is C33H33F4N7O2. The molecule has 0 saturated heterocycles. The van der Waals surface area contributed by atoms with E-state index in [-0.39, 0.29) is 52.1 Å². The van der Waals surface area contributed by atoms with E-state index in [1.54, 1.807) is 0 Å². The number of hydrogen-bond donors (Lipinski definition) is 3. The Morgan fingerprint density at radius 3 is 2.43 bits per heavy atom. The van der Waals surface area contributed by atoms with Crippen LogP contribution >= 0.6 is 0 Å². The number of aryl methyl sites for hydroxylation is 1. The number of hydrogen-bond acceptors (Lipinski definition) is 6. The van der Waals surface area contributed by atoms with E-state index in [1.807, 2.05) is 25.9 Å². The van der Waals surface area contributed by atoms with Crippen LogP contribution in [-0.4, -0.2) is 54.0 Å². The van der Waals surface area contributed by atoms with Crippen molar-refractivity contribution in [2.75, 3.05) is 42.7 Å². The summed E-state index contributed by atoms with van der Waals surface area (Å²) in [6.07, 6.45) is 1.18. The van der Waals surface area contributed by atoms with Gasteiger partial charge in [-0.25, -0.2) is 32.2 Å². The van der Waals surface area contributed by atoms with Gasteiger partial charge in [-0.15, -0.1) is 0 Å². The van der Waals surface area contributed by atoms with Crippen molar-refractivity contribution in [3.63, 3.8) is 0 Å². The van der Waals surface area contributed by atoms with Gasteiger partial charge in [0.2, 0.25) is 5.95 Å². The van der Waals surface area contributed by atoms with Gasteiger partial charge in [-0.1, -0.05) is 19.4 Å². The first-order valence-corrected chi connectivity index (χ1v) is 14.7. The van der Waals surface area contributed by atoms with E-state index in [0.717, 1.165) is 23.1 Å². The first kappa shape index (κ1) is 32.4. The van der Waals surface area contributed by atoms with Crippen LogP contribution in [0.3, 0.4) is 0 Å². The van der Waals surface area contributed by atoms with Gasteiger partial charge in [-0.3, -0.25) is 4.79 Å². The number of para-hydroxylation sites is 1. The molecule has 1 aliphatic rings. The van der Waals surface area contributed by atoms with Crippen molar-refractivity contribution in [3.8, 4) is 11.3 Å². The number of carbonyl (C=O) groups excluding carboxylic acids is 2. The number of fused-ring (bicyclic) bond motifs is 1. The summed E-state index contributed by atoms with van der Waals surface area (Å²) in [5, 5.41) is 8.36. The van der Waals surface area contributed by atoms with Crippen LogP contribution in [-0.2, 0) is 13.0 Å². The van der Waals surface area contributed by atoms with Crippen LogP contribution in [0.4, 0.5) is 45.5 Å². The molecule has 0 bridgehead atoms. The van der Waals surface area contributed by atoms with E-state index >= 15 is 13.2 Å². The van der Waals surface area contributed by atoms with Crippen LogP contribution in [0.15, 0.2) is 48.5 Å². The Balaban J connectivity index is 1.63. The number of benzene rings is 3. The molecule has 0 radical (unpaired) electrons. The Morgan fingerprint density at radius 2 is 1.74 bits per heavy atom. The minimum absolute atomic E-state index is 0.0245. The average Bonchev–Trinajstić information content (AvgIpc) is 3.00. The van der Waals surface area contributed by atoms with Crippen LogP contribution in [0.2, 0.25) is 0 Å². The molecule has 4 aromatic rings. The lowest BCUT2D eigenvalue weighted by molar-refractivity contribution is 0.102. The summed E-state index contributed by atoms with van der Waals surface area (Å²) < 4.78 is 59.7. The van der Waals surface area contributed by atoms with Crippen molar-refractivity contribution < 1.29 is 27.2 Å². The molecule has 0 fully saturated rings. The van der Waals surface area contributed by atoms with Gasteiger partial charge < -0.3 is 20.9 Å². The summed E-state index contributed by atoms with van der Waals surface area (Å²) in [6, 6.07) is 9.14. The minimum Gasteiger partial charge on any atom is -0.353 e. The smallest absolute Gasteiger partial charge is 0.328 e. The van der Waals surface area contributed by atoms with Crippen molar-refractivity contribution in [3.05, 3.63) is 94.1 Å².